The number of amides is 3. The molecule has 1 aliphatic heterocycles. The van der Waals surface area contributed by atoms with Gasteiger partial charge >= 0.3 is 13.9 Å². The van der Waals surface area contributed by atoms with Crippen molar-refractivity contribution in [2.75, 3.05) is 0 Å². The molecule has 0 bridgehead atoms. The minimum atomic E-state index is -4.34. The van der Waals surface area contributed by atoms with E-state index in [1.807, 2.05) is 66.7 Å². The molecule has 0 aromatic heterocycles. The van der Waals surface area contributed by atoms with Crippen LogP contribution in [0.3, 0.4) is 0 Å². The van der Waals surface area contributed by atoms with Crippen LogP contribution in [0.25, 0.3) is 0 Å². The number of imide groups is 1. The lowest BCUT2D eigenvalue weighted by Crippen LogP contribution is -2.54. The van der Waals surface area contributed by atoms with E-state index < -0.39 is 25.8 Å². The molecule has 8 nitrogen and oxygen atoms in total. The highest BCUT2D eigenvalue weighted by molar-refractivity contribution is 7.48. The van der Waals surface area contributed by atoms with Gasteiger partial charge in [-0.2, -0.15) is 4.62 Å². The van der Waals surface area contributed by atoms with E-state index >= 15 is 0 Å². The van der Waals surface area contributed by atoms with Gasteiger partial charge in [-0.25, -0.2) is 9.36 Å². The van der Waals surface area contributed by atoms with Crippen LogP contribution in [0.4, 0.5) is 4.79 Å². The summed E-state index contributed by atoms with van der Waals surface area (Å²) in [5.74, 6) is -0.628. The Labute approximate surface area is 198 Å². The molecule has 0 radical (unpaired) electrons. The number of rotatable bonds is 10. The van der Waals surface area contributed by atoms with E-state index in [0.717, 1.165) is 16.7 Å². The smallest absolute Gasteiger partial charge is 0.332 e. The lowest BCUT2D eigenvalue weighted by molar-refractivity contribution is -0.155. The van der Waals surface area contributed by atoms with Crippen molar-refractivity contribution in [1.82, 2.24) is 10.4 Å². The van der Waals surface area contributed by atoms with Crippen LogP contribution in [0, 0.1) is 0 Å². The van der Waals surface area contributed by atoms with Crippen LogP contribution in [0.1, 0.15) is 23.1 Å². The first-order valence-corrected chi connectivity index (χ1v) is 12.3. The number of hydrogen-bond donors (Lipinski definition) is 1. The number of urea groups is 1. The number of benzene rings is 3. The molecule has 4 rings (SSSR count). The number of hydroxylamine groups is 2. The Bertz CT molecular complexity index is 1080. The number of carbonyl (C=O) groups excluding carboxylic acids is 2. The average molecular weight is 480 g/mol. The van der Waals surface area contributed by atoms with Gasteiger partial charge in [-0.3, -0.25) is 13.8 Å². The van der Waals surface area contributed by atoms with E-state index in [-0.39, 0.29) is 19.6 Å². The molecule has 1 fully saturated rings. The zero-order valence-electron chi connectivity index (χ0n) is 18.4. The minimum Gasteiger partial charge on any atom is -0.332 e. The molecule has 3 amide bonds. The highest BCUT2D eigenvalue weighted by Gasteiger charge is 2.40. The van der Waals surface area contributed by atoms with E-state index in [2.05, 4.69) is 5.32 Å². The van der Waals surface area contributed by atoms with Crippen molar-refractivity contribution in [3.8, 4) is 0 Å². The van der Waals surface area contributed by atoms with Crippen LogP contribution < -0.4 is 5.32 Å². The molecule has 1 unspecified atom stereocenters. The third-order valence-corrected chi connectivity index (χ3v) is 6.38. The normalized spacial score (nSPS) is 16.4. The molecule has 3 aromatic rings. The fraction of sp³-hybridized carbons (Fsp3) is 0.200. The number of phosphoric ester groups is 1. The second-order valence-electron chi connectivity index (χ2n) is 7.78. The van der Waals surface area contributed by atoms with Gasteiger partial charge in [0.25, 0.3) is 5.91 Å². The minimum absolute atomic E-state index is 0.0159. The third-order valence-electron chi connectivity index (χ3n) is 5.13. The van der Waals surface area contributed by atoms with Crippen molar-refractivity contribution in [3.63, 3.8) is 0 Å². The fourth-order valence-electron chi connectivity index (χ4n) is 3.44. The molecular formula is C25H25N2O6P. The van der Waals surface area contributed by atoms with Crippen molar-refractivity contribution in [2.24, 2.45) is 0 Å². The number of nitrogens with zero attached hydrogens (tertiary/aromatic N) is 1. The predicted octanol–water partition coefficient (Wildman–Crippen LogP) is 5.01. The van der Waals surface area contributed by atoms with Crippen molar-refractivity contribution >= 4 is 19.8 Å². The van der Waals surface area contributed by atoms with Gasteiger partial charge in [-0.15, -0.1) is 5.06 Å². The quantitative estimate of drug-likeness (QED) is 0.410. The Morgan fingerprint density at radius 2 is 1.24 bits per heavy atom. The van der Waals surface area contributed by atoms with Crippen molar-refractivity contribution in [1.29, 1.82) is 0 Å². The van der Waals surface area contributed by atoms with Crippen molar-refractivity contribution in [3.05, 3.63) is 108 Å². The molecule has 1 heterocycles. The monoisotopic (exact) mass is 480 g/mol. The summed E-state index contributed by atoms with van der Waals surface area (Å²) in [7, 11) is -4.34. The second-order valence-corrected chi connectivity index (χ2v) is 9.35. The van der Waals surface area contributed by atoms with E-state index in [1.165, 1.54) is 0 Å². The molecule has 9 heteroatoms. The van der Waals surface area contributed by atoms with Crippen LogP contribution in [0.2, 0.25) is 0 Å². The summed E-state index contributed by atoms with van der Waals surface area (Å²) in [6.07, 6.45) is 0.469. The molecule has 3 aromatic carbocycles. The van der Waals surface area contributed by atoms with Gasteiger partial charge in [-0.05, 0) is 23.1 Å². The van der Waals surface area contributed by atoms with Crippen LogP contribution in [-0.4, -0.2) is 23.0 Å². The maximum Gasteiger partial charge on any atom is 0.497 e. The molecule has 1 aliphatic rings. The van der Waals surface area contributed by atoms with Gasteiger partial charge in [0.05, 0.1) is 19.6 Å². The highest BCUT2D eigenvalue weighted by atomic mass is 31.2. The van der Waals surface area contributed by atoms with E-state index in [4.69, 9.17) is 13.7 Å². The molecule has 1 saturated heterocycles. The summed E-state index contributed by atoms with van der Waals surface area (Å²) in [5, 5.41) is 3.17. The maximum absolute atomic E-state index is 13.5. The first-order chi connectivity index (χ1) is 16.5. The first kappa shape index (κ1) is 23.9. The molecule has 1 N–H and O–H groups in total. The molecule has 1 atom stereocenters. The van der Waals surface area contributed by atoms with Gasteiger partial charge in [0.1, 0.15) is 0 Å². The van der Waals surface area contributed by atoms with Gasteiger partial charge in [0.2, 0.25) is 0 Å². The van der Waals surface area contributed by atoms with Gasteiger partial charge in [-0.1, -0.05) is 91.0 Å². The van der Waals surface area contributed by atoms with E-state index in [1.54, 1.807) is 24.3 Å². The van der Waals surface area contributed by atoms with Crippen molar-refractivity contribution in [2.45, 2.75) is 32.1 Å². The van der Waals surface area contributed by atoms with E-state index in [9.17, 15) is 14.2 Å². The van der Waals surface area contributed by atoms with Crippen LogP contribution in [0.15, 0.2) is 91.0 Å². The SMILES string of the molecule is O=C1CC(Cc2ccccc2)NC(=O)N1OP(=O)(OCc1ccccc1)OCc1ccccc1. The summed E-state index contributed by atoms with van der Waals surface area (Å²) in [4.78, 5) is 25.4. The Kier molecular flexibility index (Phi) is 7.87. The molecule has 0 spiro atoms. The summed E-state index contributed by atoms with van der Waals surface area (Å²) in [5.41, 5.74) is 2.44. The Hall–Kier alpha value is -3.29. The number of phosphoric acid groups is 1. The van der Waals surface area contributed by atoms with E-state index in [0.29, 0.717) is 11.5 Å². The zero-order valence-corrected chi connectivity index (χ0v) is 19.3. The molecular weight excluding hydrogens is 455 g/mol. The lowest BCUT2D eigenvalue weighted by Gasteiger charge is -2.31. The summed E-state index contributed by atoms with van der Waals surface area (Å²) in [6.45, 7) is -0.180. The summed E-state index contributed by atoms with van der Waals surface area (Å²) < 4.78 is 29.8. The van der Waals surface area contributed by atoms with Gasteiger partial charge in [0, 0.05) is 6.04 Å². The van der Waals surface area contributed by atoms with Crippen LogP contribution in [-0.2, 0) is 42.7 Å². The van der Waals surface area contributed by atoms with Crippen LogP contribution >= 0.6 is 7.82 Å². The first-order valence-electron chi connectivity index (χ1n) is 10.8. The summed E-state index contributed by atoms with van der Waals surface area (Å²) >= 11 is 0. The van der Waals surface area contributed by atoms with Crippen molar-refractivity contribution < 1.29 is 27.8 Å². The third kappa shape index (κ3) is 6.62. The molecule has 0 aliphatic carbocycles. The number of carbonyl (C=O) groups is 2. The molecule has 176 valence electrons. The lowest BCUT2D eigenvalue weighted by atomic mass is 10.0. The maximum atomic E-state index is 13.5. The van der Waals surface area contributed by atoms with Gasteiger partial charge < -0.3 is 5.32 Å². The molecule has 0 saturated carbocycles. The summed E-state index contributed by atoms with van der Waals surface area (Å²) in [6, 6.07) is 26.4. The standard InChI is InChI=1S/C25H25N2O6P/c28-24-17-23(16-20-10-4-1-5-11-20)26-25(29)27(24)33-34(30,31-18-21-12-6-2-7-13-21)32-19-22-14-8-3-9-15-22/h1-15,23H,16-19H2,(H,26,29). The highest BCUT2D eigenvalue weighted by Crippen LogP contribution is 2.52. The average Bonchev–Trinajstić information content (AvgIpc) is 2.86. The number of nitrogens with one attached hydrogen (secondary N) is 1. The molecule has 34 heavy (non-hydrogen) atoms. The number of hydrogen-bond acceptors (Lipinski definition) is 6. The zero-order chi connectivity index (χ0) is 23.8. The predicted molar refractivity (Wildman–Crippen MR) is 125 cm³/mol. The van der Waals surface area contributed by atoms with Crippen LogP contribution in [0.5, 0.6) is 0 Å². The van der Waals surface area contributed by atoms with Gasteiger partial charge in [0.15, 0.2) is 0 Å². The Balaban J connectivity index is 1.44. The topological polar surface area (TPSA) is 94.2 Å². The Morgan fingerprint density at radius 1 is 0.765 bits per heavy atom. The Morgan fingerprint density at radius 3 is 1.71 bits per heavy atom. The second kappa shape index (κ2) is 11.2. The fourth-order valence-corrected chi connectivity index (χ4v) is 4.58. The largest absolute Gasteiger partial charge is 0.497 e.